The first-order chi connectivity index (χ1) is 13.1. The van der Waals surface area contributed by atoms with Gasteiger partial charge in [0.1, 0.15) is 5.75 Å². The number of fused-ring (bicyclic) bond motifs is 1. The molecule has 7 nitrogen and oxygen atoms in total. The van der Waals surface area contributed by atoms with E-state index >= 15 is 0 Å². The summed E-state index contributed by atoms with van der Waals surface area (Å²) >= 11 is 5.84. The number of nitrogens with zero attached hydrogens (tertiary/aromatic N) is 2. The van der Waals surface area contributed by atoms with Gasteiger partial charge in [-0.25, -0.2) is 4.79 Å². The van der Waals surface area contributed by atoms with Crippen LogP contribution >= 0.6 is 11.6 Å². The van der Waals surface area contributed by atoms with Crippen LogP contribution in [0.4, 0.5) is 5.69 Å². The summed E-state index contributed by atoms with van der Waals surface area (Å²) in [4.78, 5) is 33.3. The van der Waals surface area contributed by atoms with Crippen molar-refractivity contribution in [3.05, 3.63) is 58.0 Å². The molecule has 0 aliphatic carbocycles. The maximum atomic E-state index is 12.4. The van der Waals surface area contributed by atoms with Crippen LogP contribution in [0.3, 0.4) is 0 Å². The zero-order chi connectivity index (χ0) is 18.8. The molecule has 1 aliphatic rings. The van der Waals surface area contributed by atoms with Gasteiger partial charge in [0, 0.05) is 36.9 Å². The Labute approximate surface area is 160 Å². The number of carbonyl (C=O) groups is 1. The molecular formula is C19H19ClN4O3. The van der Waals surface area contributed by atoms with Gasteiger partial charge < -0.3 is 24.5 Å². The first kappa shape index (κ1) is 17.5. The van der Waals surface area contributed by atoms with Crippen molar-refractivity contribution in [2.75, 3.05) is 37.7 Å². The fourth-order valence-electron chi connectivity index (χ4n) is 3.20. The van der Waals surface area contributed by atoms with E-state index in [0.717, 1.165) is 29.8 Å². The number of halogens is 1. The Morgan fingerprint density at radius 2 is 1.70 bits per heavy atom. The number of piperazine rings is 1. The van der Waals surface area contributed by atoms with E-state index in [-0.39, 0.29) is 18.2 Å². The Hall–Kier alpha value is -2.93. The molecule has 8 heteroatoms. The fraction of sp³-hybridized carbons (Fsp3) is 0.263. The zero-order valence-electron chi connectivity index (χ0n) is 14.6. The summed E-state index contributed by atoms with van der Waals surface area (Å²) in [5, 5.41) is 0.631. The van der Waals surface area contributed by atoms with Crippen molar-refractivity contribution < 1.29 is 9.53 Å². The molecule has 0 bridgehead atoms. The predicted molar refractivity (Wildman–Crippen MR) is 105 cm³/mol. The van der Waals surface area contributed by atoms with Crippen molar-refractivity contribution in [2.45, 2.75) is 0 Å². The zero-order valence-corrected chi connectivity index (χ0v) is 15.3. The van der Waals surface area contributed by atoms with Gasteiger partial charge in [-0.3, -0.25) is 4.79 Å². The van der Waals surface area contributed by atoms with Gasteiger partial charge in [0.05, 0.1) is 11.0 Å². The highest BCUT2D eigenvalue weighted by Crippen LogP contribution is 2.21. The van der Waals surface area contributed by atoms with E-state index in [2.05, 4.69) is 14.9 Å². The molecule has 1 fully saturated rings. The van der Waals surface area contributed by atoms with E-state index in [1.54, 1.807) is 24.3 Å². The minimum Gasteiger partial charge on any atom is -0.484 e. The third-order valence-corrected chi connectivity index (χ3v) is 4.93. The van der Waals surface area contributed by atoms with Gasteiger partial charge >= 0.3 is 5.69 Å². The van der Waals surface area contributed by atoms with Crippen molar-refractivity contribution in [3.8, 4) is 5.75 Å². The first-order valence-corrected chi connectivity index (χ1v) is 9.09. The number of ether oxygens (including phenoxy) is 1. The molecule has 1 aromatic heterocycles. The van der Waals surface area contributed by atoms with E-state index in [1.807, 2.05) is 23.1 Å². The lowest BCUT2D eigenvalue weighted by molar-refractivity contribution is -0.133. The summed E-state index contributed by atoms with van der Waals surface area (Å²) in [5.41, 5.74) is 2.39. The van der Waals surface area contributed by atoms with Crippen LogP contribution in [0.1, 0.15) is 0 Å². The molecule has 0 atom stereocenters. The molecule has 3 aromatic rings. The Kier molecular flexibility index (Phi) is 4.77. The minimum atomic E-state index is -0.210. The predicted octanol–water partition coefficient (Wildman–Crippen LogP) is 2.24. The molecule has 1 saturated heterocycles. The minimum absolute atomic E-state index is 0.0121. The molecule has 0 radical (unpaired) electrons. The number of nitrogens with one attached hydrogen (secondary N) is 2. The van der Waals surface area contributed by atoms with E-state index < -0.39 is 0 Å². The molecule has 2 N–H and O–H groups in total. The second kappa shape index (κ2) is 7.36. The Morgan fingerprint density at radius 3 is 2.44 bits per heavy atom. The second-order valence-electron chi connectivity index (χ2n) is 6.42. The normalized spacial score (nSPS) is 14.6. The number of H-pyrrole nitrogens is 2. The molecule has 0 spiro atoms. The molecule has 27 heavy (non-hydrogen) atoms. The van der Waals surface area contributed by atoms with Crippen LogP contribution in [-0.4, -0.2) is 53.6 Å². The van der Waals surface area contributed by atoms with Crippen LogP contribution in [-0.2, 0) is 4.79 Å². The van der Waals surface area contributed by atoms with Gasteiger partial charge in [0.25, 0.3) is 5.91 Å². The van der Waals surface area contributed by atoms with Gasteiger partial charge in [-0.05, 0) is 42.5 Å². The standard InChI is InChI=1S/C19H19ClN4O3/c20-13-1-4-15(5-2-13)27-12-18(25)24-9-7-23(8-10-24)14-3-6-16-17(11-14)22-19(26)21-16/h1-6,11H,7-10,12H2,(H2,21,22,26). The third-order valence-electron chi connectivity index (χ3n) is 4.67. The van der Waals surface area contributed by atoms with Crippen molar-refractivity contribution in [1.29, 1.82) is 0 Å². The van der Waals surface area contributed by atoms with Gasteiger partial charge in [-0.2, -0.15) is 0 Å². The summed E-state index contributed by atoms with van der Waals surface area (Å²) in [7, 11) is 0. The monoisotopic (exact) mass is 386 g/mol. The molecule has 2 aromatic carbocycles. The summed E-state index contributed by atoms with van der Waals surface area (Å²) in [6.45, 7) is 2.73. The number of carbonyl (C=O) groups excluding carboxylic acids is 1. The van der Waals surface area contributed by atoms with Gasteiger partial charge in [0.2, 0.25) is 0 Å². The Bertz CT molecular complexity index is 1000. The van der Waals surface area contributed by atoms with Crippen LogP contribution in [0.5, 0.6) is 5.75 Å². The molecule has 2 heterocycles. The molecule has 1 amide bonds. The van der Waals surface area contributed by atoms with E-state index in [1.165, 1.54) is 0 Å². The van der Waals surface area contributed by atoms with Crippen molar-refractivity contribution >= 4 is 34.2 Å². The molecule has 0 saturated carbocycles. The molecule has 0 unspecified atom stereocenters. The highest BCUT2D eigenvalue weighted by Gasteiger charge is 2.22. The SMILES string of the molecule is O=C(COc1ccc(Cl)cc1)N1CCN(c2ccc3[nH]c(=O)[nH]c3c2)CC1. The number of amides is 1. The summed E-state index contributed by atoms with van der Waals surface area (Å²) in [6, 6.07) is 12.8. The van der Waals surface area contributed by atoms with Gasteiger partial charge in [-0.1, -0.05) is 11.6 Å². The fourth-order valence-corrected chi connectivity index (χ4v) is 3.32. The number of hydrogen-bond acceptors (Lipinski definition) is 4. The number of anilines is 1. The Balaban J connectivity index is 1.32. The van der Waals surface area contributed by atoms with E-state index in [4.69, 9.17) is 16.3 Å². The Morgan fingerprint density at radius 1 is 1.00 bits per heavy atom. The van der Waals surface area contributed by atoms with Crippen LogP contribution < -0.4 is 15.3 Å². The van der Waals surface area contributed by atoms with Crippen LogP contribution in [0.15, 0.2) is 47.3 Å². The van der Waals surface area contributed by atoms with Crippen LogP contribution in [0.25, 0.3) is 11.0 Å². The van der Waals surface area contributed by atoms with Crippen molar-refractivity contribution in [3.63, 3.8) is 0 Å². The number of aromatic amines is 2. The maximum absolute atomic E-state index is 12.4. The summed E-state index contributed by atoms with van der Waals surface area (Å²) in [5.74, 6) is 0.593. The largest absolute Gasteiger partial charge is 0.484 e. The average molecular weight is 387 g/mol. The number of imidazole rings is 1. The van der Waals surface area contributed by atoms with Crippen molar-refractivity contribution in [2.24, 2.45) is 0 Å². The lowest BCUT2D eigenvalue weighted by Crippen LogP contribution is -2.50. The highest BCUT2D eigenvalue weighted by atomic mass is 35.5. The number of hydrogen-bond donors (Lipinski definition) is 2. The molecule has 140 valence electrons. The molecule has 1 aliphatic heterocycles. The number of aromatic nitrogens is 2. The summed E-state index contributed by atoms with van der Waals surface area (Å²) in [6.07, 6.45) is 0. The topological polar surface area (TPSA) is 81.4 Å². The van der Waals surface area contributed by atoms with Gasteiger partial charge in [-0.15, -0.1) is 0 Å². The van der Waals surface area contributed by atoms with Crippen LogP contribution in [0, 0.1) is 0 Å². The van der Waals surface area contributed by atoms with Crippen LogP contribution in [0.2, 0.25) is 5.02 Å². The quantitative estimate of drug-likeness (QED) is 0.720. The smallest absolute Gasteiger partial charge is 0.323 e. The molecule has 4 rings (SSSR count). The van der Waals surface area contributed by atoms with Gasteiger partial charge in [0.15, 0.2) is 6.61 Å². The number of benzene rings is 2. The first-order valence-electron chi connectivity index (χ1n) is 8.72. The second-order valence-corrected chi connectivity index (χ2v) is 6.86. The third kappa shape index (κ3) is 3.93. The molecular weight excluding hydrogens is 368 g/mol. The van der Waals surface area contributed by atoms with Crippen molar-refractivity contribution in [1.82, 2.24) is 14.9 Å². The average Bonchev–Trinajstić information content (AvgIpc) is 3.06. The number of rotatable bonds is 4. The maximum Gasteiger partial charge on any atom is 0.323 e. The van der Waals surface area contributed by atoms with E-state index in [0.29, 0.717) is 23.9 Å². The lowest BCUT2D eigenvalue weighted by atomic mass is 10.2. The lowest BCUT2D eigenvalue weighted by Gasteiger charge is -2.36. The summed E-state index contributed by atoms with van der Waals surface area (Å²) < 4.78 is 5.54. The highest BCUT2D eigenvalue weighted by molar-refractivity contribution is 6.30. The van der Waals surface area contributed by atoms with E-state index in [9.17, 15) is 9.59 Å².